The maximum absolute atomic E-state index is 12.6. The highest BCUT2D eigenvalue weighted by molar-refractivity contribution is 5.75. The molecule has 2 atom stereocenters. The lowest BCUT2D eigenvalue weighted by Gasteiger charge is -2.35. The van der Waals surface area contributed by atoms with Crippen molar-refractivity contribution in [2.75, 3.05) is 25.0 Å². The Kier molecular flexibility index (Phi) is 4.79. The van der Waals surface area contributed by atoms with Gasteiger partial charge >= 0.3 is 6.03 Å². The molecule has 0 bridgehead atoms. The van der Waals surface area contributed by atoms with Gasteiger partial charge in [-0.2, -0.15) is 0 Å². The molecule has 3 rings (SSSR count). The maximum atomic E-state index is 12.6. The summed E-state index contributed by atoms with van der Waals surface area (Å²) in [6.07, 6.45) is 2.08. The van der Waals surface area contributed by atoms with Crippen LogP contribution in [0.3, 0.4) is 0 Å². The van der Waals surface area contributed by atoms with Crippen LogP contribution in [0, 0.1) is 0 Å². The Bertz CT molecular complexity index is 682. The quantitative estimate of drug-likeness (QED) is 0.938. The lowest BCUT2D eigenvalue weighted by Crippen LogP contribution is -2.49. The summed E-state index contributed by atoms with van der Waals surface area (Å²) in [7, 11) is 2.06. The van der Waals surface area contributed by atoms with Gasteiger partial charge < -0.3 is 19.7 Å². The lowest BCUT2D eigenvalue weighted by atomic mass is 10.1. The van der Waals surface area contributed by atoms with E-state index in [-0.39, 0.29) is 18.1 Å². The van der Waals surface area contributed by atoms with Crippen LogP contribution in [0.15, 0.2) is 48.7 Å². The average molecular weight is 326 g/mol. The fourth-order valence-corrected chi connectivity index (χ4v) is 3.25. The number of hydrogen-bond acceptors (Lipinski definition) is 2. The first-order valence-corrected chi connectivity index (χ1v) is 8.55. The first-order valence-electron chi connectivity index (χ1n) is 8.55. The predicted molar refractivity (Wildman–Crippen MR) is 97.3 cm³/mol. The summed E-state index contributed by atoms with van der Waals surface area (Å²) in [4.78, 5) is 16.7. The third kappa shape index (κ3) is 3.25. The first-order chi connectivity index (χ1) is 11.6. The minimum absolute atomic E-state index is 0.0169. The van der Waals surface area contributed by atoms with Crippen molar-refractivity contribution in [1.29, 1.82) is 0 Å². The molecular formula is C19H26N4O. The molecule has 5 nitrogen and oxygen atoms in total. The second-order valence-electron chi connectivity index (χ2n) is 6.48. The number of para-hydroxylation sites is 1. The van der Waals surface area contributed by atoms with Gasteiger partial charge in [-0.05, 0) is 38.1 Å². The SMILES string of the molecule is C[C@H](CNC(=O)N1CCn2cccc2[C@@H]1C)N(C)c1ccccc1. The molecule has 1 N–H and O–H groups in total. The van der Waals surface area contributed by atoms with Crippen LogP contribution in [-0.2, 0) is 6.54 Å². The Balaban J connectivity index is 1.56. The zero-order valence-corrected chi connectivity index (χ0v) is 14.6. The van der Waals surface area contributed by atoms with Crippen molar-refractivity contribution in [3.05, 3.63) is 54.4 Å². The molecule has 24 heavy (non-hydrogen) atoms. The van der Waals surface area contributed by atoms with Gasteiger partial charge in [0.05, 0.1) is 6.04 Å². The van der Waals surface area contributed by atoms with Crippen molar-refractivity contribution in [2.45, 2.75) is 32.5 Å². The lowest BCUT2D eigenvalue weighted by molar-refractivity contribution is 0.162. The van der Waals surface area contributed by atoms with E-state index in [1.54, 1.807) is 0 Å². The first kappa shape index (κ1) is 16.4. The highest BCUT2D eigenvalue weighted by Crippen LogP contribution is 2.25. The summed E-state index contributed by atoms with van der Waals surface area (Å²) in [5.74, 6) is 0. The molecule has 0 unspecified atom stereocenters. The van der Waals surface area contributed by atoms with E-state index in [0.717, 1.165) is 18.8 Å². The number of carbonyl (C=O) groups excluding carboxylic acids is 1. The minimum atomic E-state index is 0.0169. The van der Waals surface area contributed by atoms with Gasteiger partial charge in [-0.3, -0.25) is 0 Å². The van der Waals surface area contributed by atoms with E-state index < -0.39 is 0 Å². The van der Waals surface area contributed by atoms with Crippen LogP contribution in [0.1, 0.15) is 25.6 Å². The zero-order valence-electron chi connectivity index (χ0n) is 14.6. The van der Waals surface area contributed by atoms with E-state index in [0.29, 0.717) is 6.54 Å². The van der Waals surface area contributed by atoms with Crippen molar-refractivity contribution >= 4 is 11.7 Å². The van der Waals surface area contributed by atoms with Crippen molar-refractivity contribution in [3.63, 3.8) is 0 Å². The van der Waals surface area contributed by atoms with Crippen molar-refractivity contribution in [1.82, 2.24) is 14.8 Å². The number of nitrogens with zero attached hydrogens (tertiary/aromatic N) is 3. The predicted octanol–water partition coefficient (Wildman–Crippen LogP) is 3.10. The van der Waals surface area contributed by atoms with Gasteiger partial charge in [-0.25, -0.2) is 4.79 Å². The van der Waals surface area contributed by atoms with Gasteiger partial charge in [0.1, 0.15) is 0 Å². The standard InChI is InChI=1S/C19H26N4O/c1-15(21(3)17-8-5-4-6-9-17)14-20-19(24)23-13-12-22-11-7-10-18(22)16(23)2/h4-11,15-16H,12-14H2,1-3H3,(H,20,24)/t15-,16+/m1/s1. The summed E-state index contributed by atoms with van der Waals surface area (Å²) >= 11 is 0. The molecule has 1 aliphatic rings. The fourth-order valence-electron chi connectivity index (χ4n) is 3.25. The molecule has 128 valence electrons. The minimum Gasteiger partial charge on any atom is -0.370 e. The second kappa shape index (κ2) is 6.99. The summed E-state index contributed by atoms with van der Waals surface area (Å²) in [6.45, 7) is 6.44. The number of anilines is 1. The van der Waals surface area contributed by atoms with Crippen LogP contribution >= 0.6 is 0 Å². The van der Waals surface area contributed by atoms with Gasteiger partial charge in [-0.1, -0.05) is 18.2 Å². The molecular weight excluding hydrogens is 300 g/mol. The number of likely N-dealkylation sites (N-methyl/N-ethyl adjacent to an activating group) is 1. The largest absolute Gasteiger partial charge is 0.370 e. The topological polar surface area (TPSA) is 40.5 Å². The second-order valence-corrected chi connectivity index (χ2v) is 6.48. The average Bonchev–Trinajstić information content (AvgIpc) is 3.09. The van der Waals surface area contributed by atoms with Gasteiger partial charge in [0.15, 0.2) is 0 Å². The number of rotatable bonds is 4. The van der Waals surface area contributed by atoms with Gasteiger partial charge in [0.25, 0.3) is 0 Å². The summed E-state index contributed by atoms with van der Waals surface area (Å²) in [6, 6.07) is 14.7. The molecule has 0 spiro atoms. The molecule has 1 aliphatic heterocycles. The molecule has 2 aromatic rings. The van der Waals surface area contributed by atoms with Crippen LogP contribution < -0.4 is 10.2 Å². The summed E-state index contributed by atoms with van der Waals surface area (Å²) in [5, 5.41) is 3.09. The third-order valence-corrected chi connectivity index (χ3v) is 4.98. The molecule has 0 radical (unpaired) electrons. The Hall–Kier alpha value is -2.43. The van der Waals surface area contributed by atoms with E-state index in [2.05, 4.69) is 60.1 Å². The number of nitrogens with one attached hydrogen (secondary N) is 1. The zero-order chi connectivity index (χ0) is 17.1. The Morgan fingerprint density at radius 3 is 2.75 bits per heavy atom. The molecule has 1 aromatic heterocycles. The molecule has 0 saturated carbocycles. The fraction of sp³-hybridized carbons (Fsp3) is 0.421. The normalized spacial score (nSPS) is 18.0. The van der Waals surface area contributed by atoms with Crippen LogP contribution in [0.5, 0.6) is 0 Å². The van der Waals surface area contributed by atoms with E-state index in [9.17, 15) is 4.79 Å². The molecule has 5 heteroatoms. The van der Waals surface area contributed by atoms with Gasteiger partial charge in [0, 0.05) is 50.3 Å². The number of aromatic nitrogens is 1. The molecule has 0 saturated heterocycles. The molecule has 0 aliphatic carbocycles. The highest BCUT2D eigenvalue weighted by atomic mass is 16.2. The van der Waals surface area contributed by atoms with Crippen LogP contribution in [-0.4, -0.2) is 41.7 Å². The maximum Gasteiger partial charge on any atom is 0.318 e. The molecule has 0 fully saturated rings. The number of hydrogen-bond donors (Lipinski definition) is 1. The van der Waals surface area contributed by atoms with Crippen LogP contribution in [0.2, 0.25) is 0 Å². The van der Waals surface area contributed by atoms with Crippen molar-refractivity contribution in [3.8, 4) is 0 Å². The molecule has 1 aromatic carbocycles. The van der Waals surface area contributed by atoms with Crippen LogP contribution in [0.25, 0.3) is 0 Å². The summed E-state index contributed by atoms with van der Waals surface area (Å²) in [5.41, 5.74) is 2.36. The Morgan fingerprint density at radius 1 is 1.25 bits per heavy atom. The van der Waals surface area contributed by atoms with E-state index in [1.807, 2.05) is 29.2 Å². The summed E-state index contributed by atoms with van der Waals surface area (Å²) < 4.78 is 2.22. The Labute approximate surface area is 143 Å². The third-order valence-electron chi connectivity index (χ3n) is 4.98. The Morgan fingerprint density at radius 2 is 2.00 bits per heavy atom. The number of carbonyl (C=O) groups is 1. The van der Waals surface area contributed by atoms with Crippen LogP contribution in [0.4, 0.5) is 10.5 Å². The number of amides is 2. The number of benzene rings is 1. The van der Waals surface area contributed by atoms with Crippen molar-refractivity contribution < 1.29 is 4.79 Å². The highest BCUT2D eigenvalue weighted by Gasteiger charge is 2.27. The smallest absolute Gasteiger partial charge is 0.318 e. The monoisotopic (exact) mass is 326 g/mol. The van der Waals surface area contributed by atoms with Gasteiger partial charge in [0.2, 0.25) is 0 Å². The molecule has 2 heterocycles. The number of urea groups is 1. The van der Waals surface area contributed by atoms with E-state index in [1.165, 1.54) is 5.69 Å². The van der Waals surface area contributed by atoms with E-state index >= 15 is 0 Å². The van der Waals surface area contributed by atoms with Gasteiger partial charge in [-0.15, -0.1) is 0 Å². The van der Waals surface area contributed by atoms with E-state index in [4.69, 9.17) is 0 Å². The van der Waals surface area contributed by atoms with Crippen molar-refractivity contribution in [2.24, 2.45) is 0 Å². The molecule has 2 amide bonds. The number of fused-ring (bicyclic) bond motifs is 1.